The SMILES string of the molecule is Cc1c(C(=O)C(=O)N[C@H]2CCC[C@@H]2O)cc(C(=O)Nc2ccc(F)c(C#N)c2)n1C. The van der Waals surface area contributed by atoms with Gasteiger partial charge >= 0.3 is 0 Å². The summed E-state index contributed by atoms with van der Waals surface area (Å²) < 4.78 is 14.9. The molecule has 0 radical (unpaired) electrons. The minimum Gasteiger partial charge on any atom is -0.391 e. The van der Waals surface area contributed by atoms with E-state index in [4.69, 9.17) is 5.26 Å². The van der Waals surface area contributed by atoms with Crippen LogP contribution in [0.25, 0.3) is 0 Å². The number of hydrogen-bond donors (Lipinski definition) is 3. The molecule has 156 valence electrons. The summed E-state index contributed by atoms with van der Waals surface area (Å²) in [4.78, 5) is 37.6. The van der Waals surface area contributed by atoms with Crippen LogP contribution in [0.1, 0.15) is 51.4 Å². The van der Waals surface area contributed by atoms with Gasteiger partial charge in [0.2, 0.25) is 0 Å². The highest BCUT2D eigenvalue weighted by atomic mass is 19.1. The third kappa shape index (κ3) is 4.09. The average molecular weight is 412 g/mol. The average Bonchev–Trinajstić information content (AvgIpc) is 3.25. The summed E-state index contributed by atoms with van der Waals surface area (Å²) in [6.45, 7) is 1.60. The van der Waals surface area contributed by atoms with E-state index in [1.54, 1.807) is 20.0 Å². The van der Waals surface area contributed by atoms with E-state index in [9.17, 15) is 23.9 Å². The van der Waals surface area contributed by atoms with Crippen molar-refractivity contribution in [2.24, 2.45) is 7.05 Å². The van der Waals surface area contributed by atoms with E-state index >= 15 is 0 Å². The number of rotatable bonds is 5. The van der Waals surface area contributed by atoms with Gasteiger partial charge < -0.3 is 20.3 Å². The summed E-state index contributed by atoms with van der Waals surface area (Å²) in [5.74, 6) is -2.91. The van der Waals surface area contributed by atoms with E-state index < -0.39 is 35.6 Å². The van der Waals surface area contributed by atoms with E-state index in [2.05, 4.69) is 10.6 Å². The summed E-state index contributed by atoms with van der Waals surface area (Å²) in [7, 11) is 1.57. The Balaban J connectivity index is 1.78. The highest BCUT2D eigenvalue weighted by Crippen LogP contribution is 2.21. The van der Waals surface area contributed by atoms with Crippen LogP contribution >= 0.6 is 0 Å². The van der Waals surface area contributed by atoms with Gasteiger partial charge in [-0.05, 0) is 50.5 Å². The zero-order valence-electron chi connectivity index (χ0n) is 16.5. The second-order valence-corrected chi connectivity index (χ2v) is 7.26. The quantitative estimate of drug-likeness (QED) is 0.510. The third-order valence-electron chi connectivity index (χ3n) is 5.36. The maximum absolute atomic E-state index is 13.5. The Morgan fingerprint density at radius 2 is 2.00 bits per heavy atom. The van der Waals surface area contributed by atoms with Gasteiger partial charge in [0, 0.05) is 24.0 Å². The van der Waals surface area contributed by atoms with E-state index in [0.29, 0.717) is 18.5 Å². The largest absolute Gasteiger partial charge is 0.391 e. The Kier molecular flexibility index (Phi) is 5.99. The van der Waals surface area contributed by atoms with Crippen LogP contribution in [0.15, 0.2) is 24.3 Å². The van der Waals surface area contributed by atoms with Gasteiger partial charge in [0.25, 0.3) is 17.6 Å². The van der Waals surface area contributed by atoms with Gasteiger partial charge in [-0.1, -0.05) is 0 Å². The lowest BCUT2D eigenvalue weighted by atomic mass is 10.1. The van der Waals surface area contributed by atoms with E-state index in [1.165, 1.54) is 22.8 Å². The predicted molar refractivity (Wildman–Crippen MR) is 105 cm³/mol. The first-order valence-electron chi connectivity index (χ1n) is 9.43. The van der Waals surface area contributed by atoms with Crippen LogP contribution in [0.5, 0.6) is 0 Å². The highest BCUT2D eigenvalue weighted by molar-refractivity contribution is 6.43. The number of nitrogens with one attached hydrogen (secondary N) is 2. The second-order valence-electron chi connectivity index (χ2n) is 7.26. The number of nitriles is 1. The molecule has 1 aliphatic rings. The van der Waals surface area contributed by atoms with Crippen LogP contribution in [-0.4, -0.2) is 39.4 Å². The van der Waals surface area contributed by atoms with Gasteiger partial charge in [-0.25, -0.2) is 4.39 Å². The summed E-state index contributed by atoms with van der Waals surface area (Å²) in [5.41, 5.74) is 0.621. The summed E-state index contributed by atoms with van der Waals surface area (Å²) in [6.07, 6.45) is 1.27. The number of amides is 2. The van der Waals surface area contributed by atoms with Crippen molar-refractivity contribution in [3.8, 4) is 6.07 Å². The molecule has 0 bridgehead atoms. The molecule has 0 saturated heterocycles. The molecular formula is C21H21FN4O4. The fourth-order valence-electron chi connectivity index (χ4n) is 3.50. The van der Waals surface area contributed by atoms with Crippen molar-refractivity contribution in [3.63, 3.8) is 0 Å². The number of aromatic nitrogens is 1. The molecular weight excluding hydrogens is 391 g/mol. The smallest absolute Gasteiger partial charge is 0.292 e. The number of benzene rings is 1. The molecule has 0 aliphatic heterocycles. The highest BCUT2D eigenvalue weighted by Gasteiger charge is 2.30. The monoisotopic (exact) mass is 412 g/mol. The van der Waals surface area contributed by atoms with Crippen LogP contribution in [0.3, 0.4) is 0 Å². The van der Waals surface area contributed by atoms with Gasteiger partial charge in [-0.2, -0.15) is 5.26 Å². The van der Waals surface area contributed by atoms with Crippen molar-refractivity contribution in [2.75, 3.05) is 5.32 Å². The lowest BCUT2D eigenvalue weighted by Crippen LogP contribution is -2.43. The molecule has 0 unspecified atom stereocenters. The normalized spacial score (nSPS) is 18.0. The Labute approximate surface area is 172 Å². The maximum Gasteiger partial charge on any atom is 0.292 e. The van der Waals surface area contributed by atoms with Gasteiger partial charge in [0.05, 0.1) is 17.7 Å². The van der Waals surface area contributed by atoms with E-state index in [-0.39, 0.29) is 22.5 Å². The number of nitrogens with zero attached hydrogens (tertiary/aromatic N) is 2. The molecule has 2 amide bonds. The maximum atomic E-state index is 13.5. The van der Waals surface area contributed by atoms with Crippen LogP contribution in [-0.2, 0) is 11.8 Å². The molecule has 1 aliphatic carbocycles. The topological polar surface area (TPSA) is 124 Å². The molecule has 2 atom stereocenters. The molecule has 2 aromatic rings. The molecule has 1 heterocycles. The first-order chi connectivity index (χ1) is 14.2. The Morgan fingerprint density at radius 1 is 1.27 bits per heavy atom. The molecule has 1 aromatic heterocycles. The number of hydrogen-bond acceptors (Lipinski definition) is 5. The van der Waals surface area contributed by atoms with Gasteiger partial charge in [-0.3, -0.25) is 14.4 Å². The standard InChI is InChI=1S/C21H21FN4O4/c1-11-14(19(28)21(30)25-16-4-3-5-18(16)27)9-17(26(11)2)20(29)24-13-6-7-15(22)12(8-13)10-23/h6-9,16,18,27H,3-5H2,1-2H3,(H,24,29)(H,25,30)/t16-,18-/m0/s1. The summed E-state index contributed by atoms with van der Waals surface area (Å²) >= 11 is 0. The number of ketones is 1. The van der Waals surface area contributed by atoms with Crippen molar-refractivity contribution in [1.82, 2.24) is 9.88 Å². The van der Waals surface area contributed by atoms with Gasteiger partial charge in [0.15, 0.2) is 0 Å². The van der Waals surface area contributed by atoms with E-state index in [1.807, 2.05) is 0 Å². The lowest BCUT2D eigenvalue weighted by Gasteiger charge is -2.15. The van der Waals surface area contributed by atoms with Crippen molar-refractivity contribution in [3.05, 3.63) is 52.6 Å². The Bertz CT molecular complexity index is 1070. The van der Waals surface area contributed by atoms with Crippen LogP contribution < -0.4 is 10.6 Å². The molecule has 1 fully saturated rings. The number of Topliss-reactive ketones (excluding diaryl/α,β-unsaturated/α-hetero) is 1. The molecule has 9 heteroatoms. The molecule has 0 spiro atoms. The summed E-state index contributed by atoms with van der Waals surface area (Å²) in [6, 6.07) is 6.14. The molecule has 3 rings (SSSR count). The first-order valence-corrected chi connectivity index (χ1v) is 9.43. The third-order valence-corrected chi connectivity index (χ3v) is 5.36. The van der Waals surface area contributed by atoms with E-state index in [0.717, 1.165) is 12.5 Å². The van der Waals surface area contributed by atoms with Crippen LogP contribution in [0, 0.1) is 24.1 Å². The minimum atomic E-state index is -0.834. The number of aliphatic hydroxyl groups excluding tert-OH is 1. The molecule has 30 heavy (non-hydrogen) atoms. The predicted octanol–water partition coefficient (Wildman–Crippen LogP) is 1.81. The van der Waals surface area contributed by atoms with Crippen molar-refractivity contribution in [1.29, 1.82) is 5.26 Å². The van der Waals surface area contributed by atoms with Crippen molar-refractivity contribution >= 4 is 23.3 Å². The number of carbonyl (C=O) groups excluding carboxylic acids is 3. The first kappa shape index (κ1) is 21.2. The summed E-state index contributed by atoms with van der Waals surface area (Å²) in [5, 5.41) is 23.9. The molecule has 1 saturated carbocycles. The zero-order chi connectivity index (χ0) is 22.0. The molecule has 8 nitrogen and oxygen atoms in total. The zero-order valence-corrected chi connectivity index (χ0v) is 16.5. The van der Waals surface area contributed by atoms with Gasteiger partial charge in [-0.15, -0.1) is 0 Å². The lowest BCUT2D eigenvalue weighted by molar-refractivity contribution is -0.118. The Hall–Kier alpha value is -3.51. The second kappa shape index (κ2) is 8.47. The number of anilines is 1. The van der Waals surface area contributed by atoms with Gasteiger partial charge in [0.1, 0.15) is 17.6 Å². The number of halogens is 1. The fraction of sp³-hybridized carbons (Fsp3) is 0.333. The molecule has 1 aromatic carbocycles. The van der Waals surface area contributed by atoms with Crippen LogP contribution in [0.4, 0.5) is 10.1 Å². The minimum absolute atomic E-state index is 0.0736. The Morgan fingerprint density at radius 3 is 2.63 bits per heavy atom. The number of carbonyl (C=O) groups is 3. The fourth-order valence-corrected chi connectivity index (χ4v) is 3.50. The number of aliphatic hydroxyl groups is 1. The van der Waals surface area contributed by atoms with Crippen molar-refractivity contribution in [2.45, 2.75) is 38.3 Å². The van der Waals surface area contributed by atoms with Crippen LogP contribution in [0.2, 0.25) is 0 Å². The van der Waals surface area contributed by atoms with Crippen molar-refractivity contribution < 1.29 is 23.9 Å². The molecule has 3 N–H and O–H groups in total.